The molecule has 3 aromatic carbocycles. The summed E-state index contributed by atoms with van der Waals surface area (Å²) in [5, 5.41) is 4.99. The van der Waals surface area contributed by atoms with Crippen LogP contribution in [0.4, 0.5) is 0 Å². The van der Waals surface area contributed by atoms with Gasteiger partial charge < -0.3 is 14.2 Å². The van der Waals surface area contributed by atoms with Gasteiger partial charge in [-0.2, -0.15) is 5.10 Å². The predicted molar refractivity (Wildman–Crippen MR) is 201 cm³/mol. The Labute approximate surface area is 306 Å². The lowest BCUT2D eigenvalue weighted by Gasteiger charge is -2.25. The summed E-state index contributed by atoms with van der Waals surface area (Å²) >= 11 is 1.23. The van der Waals surface area contributed by atoms with Gasteiger partial charge in [0.25, 0.3) is 5.56 Å². The number of allylic oxidation sites excluding steroid dienone is 1. The number of fused-ring (bicyclic) bond motifs is 1. The molecule has 6 rings (SSSR count). The minimum atomic E-state index is -0.839. The molecule has 3 heterocycles. The second kappa shape index (κ2) is 15.4. The Balaban J connectivity index is 1.49. The fourth-order valence-corrected chi connectivity index (χ4v) is 7.07. The van der Waals surface area contributed by atoms with E-state index in [4.69, 9.17) is 24.3 Å². The number of thiazole rings is 1. The van der Waals surface area contributed by atoms with Crippen LogP contribution in [0.1, 0.15) is 74.1 Å². The zero-order valence-corrected chi connectivity index (χ0v) is 31.2. The second-order valence-electron chi connectivity index (χ2n) is 13.4. The number of carbonyl (C=O) groups is 2. The highest BCUT2D eigenvalue weighted by Gasteiger charge is 2.34. The number of carbonyl (C=O) groups excluding carboxylic acids is 2. The van der Waals surface area contributed by atoms with E-state index in [0.717, 1.165) is 34.5 Å². The van der Waals surface area contributed by atoms with Crippen molar-refractivity contribution >= 4 is 29.4 Å². The quantitative estimate of drug-likeness (QED) is 0.142. The van der Waals surface area contributed by atoms with Crippen LogP contribution in [0.25, 0.3) is 23.0 Å². The van der Waals surface area contributed by atoms with Crippen LogP contribution in [-0.4, -0.2) is 46.1 Å². The number of hydrogen-bond acceptors (Lipinski definition) is 9. The number of aryl methyl sites for hydroxylation is 1. The number of rotatable bonds is 11. The van der Waals surface area contributed by atoms with Crippen molar-refractivity contribution in [3.63, 3.8) is 0 Å². The summed E-state index contributed by atoms with van der Waals surface area (Å²) in [6, 6.07) is 21.6. The Morgan fingerprint density at radius 1 is 0.962 bits per heavy atom. The van der Waals surface area contributed by atoms with E-state index in [-0.39, 0.29) is 17.2 Å². The molecular formula is C41H42N4O6S. The summed E-state index contributed by atoms with van der Waals surface area (Å²) in [5.74, 6) is 0.313. The number of para-hydroxylation sites is 1. The van der Waals surface area contributed by atoms with Gasteiger partial charge in [0.1, 0.15) is 11.4 Å². The molecule has 0 saturated heterocycles. The maximum absolute atomic E-state index is 14.5. The lowest BCUT2D eigenvalue weighted by Crippen LogP contribution is -2.40. The van der Waals surface area contributed by atoms with Gasteiger partial charge in [-0.1, -0.05) is 55.5 Å². The first-order chi connectivity index (χ1) is 24.9. The average molecular weight is 719 g/mol. The third-order valence-electron chi connectivity index (χ3n) is 8.68. The summed E-state index contributed by atoms with van der Waals surface area (Å²) in [4.78, 5) is 45.4. The van der Waals surface area contributed by atoms with Crippen LogP contribution in [0, 0.1) is 12.8 Å². The number of esters is 2. The van der Waals surface area contributed by atoms with Gasteiger partial charge in [0.2, 0.25) is 0 Å². The lowest BCUT2D eigenvalue weighted by molar-refractivity contribution is -0.143. The number of ether oxygens (including phenoxy) is 3. The van der Waals surface area contributed by atoms with E-state index in [1.54, 1.807) is 49.7 Å². The molecule has 10 nitrogen and oxygen atoms in total. The van der Waals surface area contributed by atoms with Gasteiger partial charge in [0.15, 0.2) is 4.80 Å². The summed E-state index contributed by atoms with van der Waals surface area (Å²) in [6.45, 7) is 12.3. The molecule has 52 heavy (non-hydrogen) atoms. The predicted octanol–water partition coefficient (Wildman–Crippen LogP) is 6.56. The van der Waals surface area contributed by atoms with Gasteiger partial charge >= 0.3 is 11.9 Å². The number of hydrogen-bond donors (Lipinski definition) is 0. The molecule has 0 N–H and O–H groups in total. The number of methoxy groups -OCH3 is 1. The first kappa shape index (κ1) is 36.2. The molecule has 5 aromatic rings. The standard InChI is InChI=1S/C41H42N4O6S/c1-24(2)19-20-50-33-18-17-30(21-26(33)5)36-31(23-44(43-36)32-11-9-8-10-12-32)22-34-38(46)45-37(28-13-15-29(16-14-28)39(47)49-7)35(40(48)51-25(3)4)27(6)42-41(45)52-34/h8-18,21-25,37H,19-20H2,1-7H3. The molecule has 0 aliphatic carbocycles. The number of nitrogens with zero attached hydrogens (tertiary/aromatic N) is 4. The van der Waals surface area contributed by atoms with Gasteiger partial charge in [0, 0.05) is 17.3 Å². The Morgan fingerprint density at radius 3 is 2.35 bits per heavy atom. The van der Waals surface area contributed by atoms with Crippen LogP contribution >= 0.6 is 11.3 Å². The third-order valence-corrected chi connectivity index (χ3v) is 9.67. The van der Waals surface area contributed by atoms with Crippen molar-refractivity contribution < 1.29 is 23.8 Å². The van der Waals surface area contributed by atoms with Crippen LogP contribution in [0.2, 0.25) is 0 Å². The summed E-state index contributed by atoms with van der Waals surface area (Å²) in [5.41, 5.74) is 5.50. The Bertz CT molecular complexity index is 2330. The summed E-state index contributed by atoms with van der Waals surface area (Å²) < 4.78 is 20.3. The molecule has 0 spiro atoms. The summed E-state index contributed by atoms with van der Waals surface area (Å²) in [7, 11) is 1.31. The summed E-state index contributed by atoms with van der Waals surface area (Å²) in [6.07, 6.45) is 4.31. The van der Waals surface area contributed by atoms with Crippen molar-refractivity contribution in [2.24, 2.45) is 10.9 Å². The molecule has 268 valence electrons. The van der Waals surface area contributed by atoms with Crippen LogP contribution < -0.4 is 19.6 Å². The van der Waals surface area contributed by atoms with Crippen molar-refractivity contribution in [2.75, 3.05) is 13.7 Å². The van der Waals surface area contributed by atoms with E-state index in [9.17, 15) is 14.4 Å². The number of benzene rings is 3. The van der Waals surface area contributed by atoms with Gasteiger partial charge in [-0.05, 0) is 99.7 Å². The van der Waals surface area contributed by atoms with Crippen molar-refractivity contribution in [1.82, 2.24) is 14.3 Å². The van der Waals surface area contributed by atoms with E-state index < -0.39 is 18.0 Å². The smallest absolute Gasteiger partial charge is 0.338 e. The van der Waals surface area contributed by atoms with E-state index in [2.05, 4.69) is 19.9 Å². The third kappa shape index (κ3) is 7.55. The fraction of sp³-hybridized carbons (Fsp3) is 0.293. The average Bonchev–Trinajstić information content (AvgIpc) is 3.68. The minimum Gasteiger partial charge on any atom is -0.493 e. The lowest BCUT2D eigenvalue weighted by atomic mass is 9.95. The first-order valence-corrected chi connectivity index (χ1v) is 18.1. The van der Waals surface area contributed by atoms with Gasteiger partial charge in [-0.15, -0.1) is 0 Å². The van der Waals surface area contributed by atoms with Crippen molar-refractivity contribution in [3.05, 3.63) is 132 Å². The molecule has 1 atom stereocenters. The maximum Gasteiger partial charge on any atom is 0.338 e. The van der Waals surface area contributed by atoms with E-state index in [1.807, 2.05) is 61.7 Å². The highest BCUT2D eigenvalue weighted by molar-refractivity contribution is 7.07. The van der Waals surface area contributed by atoms with Crippen LogP contribution in [0.15, 0.2) is 100 Å². The molecule has 0 bridgehead atoms. The topological polar surface area (TPSA) is 114 Å². The van der Waals surface area contributed by atoms with Gasteiger partial charge in [-0.25, -0.2) is 19.3 Å². The highest BCUT2D eigenvalue weighted by Crippen LogP contribution is 2.32. The van der Waals surface area contributed by atoms with E-state index in [0.29, 0.717) is 44.4 Å². The van der Waals surface area contributed by atoms with Crippen LogP contribution in [0.5, 0.6) is 5.75 Å². The molecule has 1 aliphatic rings. The molecule has 0 radical (unpaired) electrons. The Morgan fingerprint density at radius 2 is 1.69 bits per heavy atom. The molecule has 11 heteroatoms. The zero-order valence-electron chi connectivity index (χ0n) is 30.4. The van der Waals surface area contributed by atoms with Crippen LogP contribution in [-0.2, 0) is 14.3 Å². The van der Waals surface area contributed by atoms with E-state index in [1.165, 1.54) is 23.0 Å². The molecule has 1 aliphatic heterocycles. The first-order valence-electron chi connectivity index (χ1n) is 17.3. The fourth-order valence-electron chi connectivity index (χ4n) is 6.03. The van der Waals surface area contributed by atoms with Crippen molar-refractivity contribution in [1.29, 1.82) is 0 Å². The molecule has 0 amide bonds. The van der Waals surface area contributed by atoms with E-state index >= 15 is 0 Å². The second-order valence-corrected chi connectivity index (χ2v) is 14.4. The van der Waals surface area contributed by atoms with Crippen LogP contribution in [0.3, 0.4) is 0 Å². The van der Waals surface area contributed by atoms with Crippen molar-refractivity contribution in [2.45, 2.75) is 60.1 Å². The monoisotopic (exact) mass is 718 g/mol. The molecule has 1 unspecified atom stereocenters. The normalized spacial score (nSPS) is 14.4. The highest BCUT2D eigenvalue weighted by atomic mass is 32.1. The molecular weight excluding hydrogens is 677 g/mol. The SMILES string of the molecule is COC(=O)c1ccc(C2C(C(=O)OC(C)C)=C(C)N=c3sc(=Cc4cn(-c5ccccc5)nc4-c4ccc(OCCC(C)C)c(C)c4)c(=O)n32)cc1. The maximum atomic E-state index is 14.5. The Hall–Kier alpha value is -5.55. The molecule has 0 fully saturated rings. The molecule has 2 aromatic heterocycles. The molecule has 0 saturated carbocycles. The van der Waals surface area contributed by atoms with Gasteiger partial charge in [0.05, 0.1) is 52.9 Å². The largest absolute Gasteiger partial charge is 0.493 e. The van der Waals surface area contributed by atoms with Gasteiger partial charge in [-0.3, -0.25) is 9.36 Å². The zero-order chi connectivity index (χ0) is 37.1. The minimum absolute atomic E-state index is 0.252. The number of aromatic nitrogens is 3. The Kier molecular flexibility index (Phi) is 10.7. The van der Waals surface area contributed by atoms with Crippen molar-refractivity contribution in [3.8, 4) is 22.7 Å².